The highest BCUT2D eigenvalue weighted by Gasteiger charge is 2.29. The van der Waals surface area contributed by atoms with E-state index in [4.69, 9.17) is 10.5 Å². The predicted octanol–water partition coefficient (Wildman–Crippen LogP) is 0.987. The van der Waals surface area contributed by atoms with Gasteiger partial charge in [-0.25, -0.2) is 0 Å². The van der Waals surface area contributed by atoms with E-state index in [2.05, 4.69) is 0 Å². The fraction of sp³-hybridized carbons (Fsp3) is 0.250. The normalized spacial score (nSPS) is 19.3. The van der Waals surface area contributed by atoms with Crippen LogP contribution in [-0.2, 0) is 0 Å². The third kappa shape index (κ3) is 1.13. The van der Waals surface area contributed by atoms with Crippen LogP contribution in [0, 0.1) is 10.1 Å². The Labute approximate surface area is 74.3 Å². The van der Waals surface area contributed by atoms with Gasteiger partial charge in [0.2, 0.25) is 0 Å². The van der Waals surface area contributed by atoms with Crippen molar-refractivity contribution in [2.45, 2.75) is 6.04 Å². The molecule has 2 N–H and O–H groups in total. The van der Waals surface area contributed by atoms with Crippen molar-refractivity contribution in [3.05, 3.63) is 33.9 Å². The zero-order valence-electron chi connectivity index (χ0n) is 6.77. The van der Waals surface area contributed by atoms with Crippen molar-refractivity contribution < 1.29 is 9.66 Å². The van der Waals surface area contributed by atoms with Crippen molar-refractivity contribution in [2.75, 3.05) is 6.61 Å². The largest absolute Gasteiger partial charge is 0.491 e. The maximum Gasteiger partial charge on any atom is 0.278 e. The Morgan fingerprint density at radius 3 is 3.08 bits per heavy atom. The molecule has 5 nitrogen and oxygen atoms in total. The van der Waals surface area contributed by atoms with Crippen LogP contribution in [0.25, 0.3) is 0 Å². The molecular formula is C8H8N2O3. The summed E-state index contributed by atoms with van der Waals surface area (Å²) in [6, 6.07) is 4.34. The van der Waals surface area contributed by atoms with Crippen molar-refractivity contribution >= 4 is 5.69 Å². The van der Waals surface area contributed by atoms with Crippen LogP contribution in [0.5, 0.6) is 5.75 Å². The first-order chi connectivity index (χ1) is 6.20. The van der Waals surface area contributed by atoms with Crippen LogP contribution in [0.4, 0.5) is 5.69 Å². The van der Waals surface area contributed by atoms with Gasteiger partial charge < -0.3 is 10.5 Å². The van der Waals surface area contributed by atoms with Gasteiger partial charge in [0, 0.05) is 6.07 Å². The van der Waals surface area contributed by atoms with E-state index in [0.717, 1.165) is 0 Å². The van der Waals surface area contributed by atoms with Crippen LogP contribution >= 0.6 is 0 Å². The van der Waals surface area contributed by atoms with Gasteiger partial charge in [-0.05, 0) is 6.07 Å². The number of benzene rings is 1. The van der Waals surface area contributed by atoms with Crippen LogP contribution < -0.4 is 10.5 Å². The third-order valence-corrected chi connectivity index (χ3v) is 2.03. The number of nitro benzene ring substituents is 1. The van der Waals surface area contributed by atoms with E-state index in [1.807, 2.05) is 0 Å². The Hall–Kier alpha value is -1.62. The molecule has 1 atom stereocenters. The second-order valence-corrected chi connectivity index (χ2v) is 2.86. The SMILES string of the molecule is N[C@H]1COc2cccc([N+](=O)[O-])c21. The number of nitrogens with zero attached hydrogens (tertiary/aromatic N) is 1. The Bertz CT molecular complexity index is 364. The van der Waals surface area contributed by atoms with Crippen LogP contribution in [0.3, 0.4) is 0 Å². The van der Waals surface area contributed by atoms with Gasteiger partial charge in [0.1, 0.15) is 12.4 Å². The zero-order valence-corrected chi connectivity index (χ0v) is 6.77. The van der Waals surface area contributed by atoms with Crippen LogP contribution in [0.1, 0.15) is 11.6 Å². The minimum atomic E-state index is -0.437. The maximum absolute atomic E-state index is 10.6. The first-order valence-electron chi connectivity index (χ1n) is 3.86. The molecular weight excluding hydrogens is 172 g/mol. The van der Waals surface area contributed by atoms with Crippen LogP contribution in [0.15, 0.2) is 18.2 Å². The third-order valence-electron chi connectivity index (χ3n) is 2.03. The van der Waals surface area contributed by atoms with Gasteiger partial charge in [0.15, 0.2) is 0 Å². The standard InChI is InChI=1S/C8H8N2O3/c9-5-4-13-7-3-1-2-6(8(5)7)10(11)12/h1-3,5H,4,9H2/t5-/m0/s1. The van der Waals surface area contributed by atoms with Crippen molar-refractivity contribution in [1.29, 1.82) is 0 Å². The number of ether oxygens (including phenoxy) is 1. The number of hydrogen-bond acceptors (Lipinski definition) is 4. The van der Waals surface area contributed by atoms with Gasteiger partial charge in [-0.3, -0.25) is 10.1 Å². The minimum Gasteiger partial charge on any atom is -0.491 e. The second kappa shape index (κ2) is 2.70. The molecule has 1 aliphatic heterocycles. The number of fused-ring (bicyclic) bond motifs is 1. The Kier molecular flexibility index (Phi) is 1.66. The highest BCUT2D eigenvalue weighted by atomic mass is 16.6. The molecule has 68 valence electrons. The number of hydrogen-bond donors (Lipinski definition) is 1. The summed E-state index contributed by atoms with van der Waals surface area (Å²) < 4.78 is 5.17. The Morgan fingerprint density at radius 1 is 1.62 bits per heavy atom. The van der Waals surface area contributed by atoms with E-state index in [1.54, 1.807) is 12.1 Å². The van der Waals surface area contributed by atoms with Crippen molar-refractivity contribution in [3.63, 3.8) is 0 Å². The summed E-state index contributed by atoms with van der Waals surface area (Å²) in [6.45, 7) is 0.320. The zero-order chi connectivity index (χ0) is 9.42. The molecule has 1 aromatic rings. The molecule has 13 heavy (non-hydrogen) atoms. The van der Waals surface area contributed by atoms with E-state index < -0.39 is 4.92 Å². The van der Waals surface area contributed by atoms with E-state index in [0.29, 0.717) is 17.9 Å². The van der Waals surface area contributed by atoms with Crippen molar-refractivity contribution in [3.8, 4) is 5.75 Å². The summed E-state index contributed by atoms with van der Waals surface area (Å²) in [7, 11) is 0. The maximum atomic E-state index is 10.6. The second-order valence-electron chi connectivity index (χ2n) is 2.86. The summed E-state index contributed by atoms with van der Waals surface area (Å²) in [6.07, 6.45) is 0. The predicted molar refractivity (Wildman–Crippen MR) is 45.5 cm³/mol. The highest BCUT2D eigenvalue weighted by Crippen LogP contribution is 2.37. The average Bonchev–Trinajstić information content (AvgIpc) is 2.48. The molecule has 1 aromatic carbocycles. The summed E-state index contributed by atoms with van der Waals surface area (Å²) in [5.74, 6) is 0.529. The quantitative estimate of drug-likeness (QED) is 0.516. The summed E-state index contributed by atoms with van der Waals surface area (Å²) >= 11 is 0. The molecule has 1 aliphatic rings. The lowest BCUT2D eigenvalue weighted by molar-refractivity contribution is -0.385. The molecule has 0 saturated carbocycles. The van der Waals surface area contributed by atoms with Gasteiger partial charge in [-0.2, -0.15) is 0 Å². The molecule has 0 amide bonds. The van der Waals surface area contributed by atoms with E-state index in [-0.39, 0.29) is 11.7 Å². The lowest BCUT2D eigenvalue weighted by Gasteiger charge is -2.00. The van der Waals surface area contributed by atoms with Gasteiger partial charge in [-0.1, -0.05) is 6.07 Å². The fourth-order valence-corrected chi connectivity index (χ4v) is 1.45. The first kappa shape index (κ1) is 8.00. The van der Waals surface area contributed by atoms with E-state index in [1.165, 1.54) is 6.07 Å². The molecule has 0 spiro atoms. The molecule has 0 fully saturated rings. The lowest BCUT2D eigenvalue weighted by Crippen LogP contribution is -2.12. The van der Waals surface area contributed by atoms with Gasteiger partial charge in [-0.15, -0.1) is 0 Å². The summed E-state index contributed by atoms with van der Waals surface area (Å²) in [5.41, 5.74) is 6.21. The molecule has 0 aliphatic carbocycles. The van der Waals surface area contributed by atoms with Crippen molar-refractivity contribution in [1.82, 2.24) is 0 Å². The number of nitrogens with two attached hydrogens (primary N) is 1. The lowest BCUT2D eigenvalue weighted by atomic mass is 10.1. The topological polar surface area (TPSA) is 78.4 Å². The van der Waals surface area contributed by atoms with Gasteiger partial charge >= 0.3 is 0 Å². The van der Waals surface area contributed by atoms with Crippen molar-refractivity contribution in [2.24, 2.45) is 5.73 Å². The molecule has 5 heteroatoms. The van der Waals surface area contributed by atoms with Crippen LogP contribution in [-0.4, -0.2) is 11.5 Å². The molecule has 1 heterocycles. The molecule has 0 bridgehead atoms. The van der Waals surface area contributed by atoms with E-state index in [9.17, 15) is 10.1 Å². The monoisotopic (exact) mass is 180 g/mol. The summed E-state index contributed by atoms with van der Waals surface area (Å²) in [5, 5.41) is 10.6. The molecule has 0 aromatic heterocycles. The van der Waals surface area contributed by atoms with Crippen LogP contribution in [0.2, 0.25) is 0 Å². The fourth-order valence-electron chi connectivity index (χ4n) is 1.45. The molecule has 0 saturated heterocycles. The molecule has 2 rings (SSSR count). The molecule has 0 radical (unpaired) electrons. The Balaban J connectivity index is 2.60. The minimum absolute atomic E-state index is 0.0440. The summed E-state index contributed by atoms with van der Waals surface area (Å²) in [4.78, 5) is 10.2. The number of nitro groups is 1. The Morgan fingerprint density at radius 2 is 2.38 bits per heavy atom. The molecule has 0 unspecified atom stereocenters. The number of rotatable bonds is 1. The van der Waals surface area contributed by atoms with Gasteiger partial charge in [0.05, 0.1) is 16.5 Å². The van der Waals surface area contributed by atoms with E-state index >= 15 is 0 Å². The highest BCUT2D eigenvalue weighted by molar-refractivity contribution is 5.53. The van der Waals surface area contributed by atoms with Gasteiger partial charge in [0.25, 0.3) is 5.69 Å². The average molecular weight is 180 g/mol. The first-order valence-corrected chi connectivity index (χ1v) is 3.86. The smallest absolute Gasteiger partial charge is 0.278 e.